The van der Waals surface area contributed by atoms with Gasteiger partial charge in [-0.1, -0.05) is 6.07 Å². The van der Waals surface area contributed by atoms with Crippen molar-refractivity contribution in [2.45, 2.75) is 13.8 Å². The number of aryl methyl sites for hydroxylation is 2. The number of benzene rings is 2. The molecule has 1 heterocycles. The second kappa shape index (κ2) is 6.32. The van der Waals surface area contributed by atoms with Gasteiger partial charge in [0, 0.05) is 16.8 Å². The number of halogens is 1. The van der Waals surface area contributed by atoms with Crippen LogP contribution in [0, 0.1) is 19.7 Å². The summed E-state index contributed by atoms with van der Waals surface area (Å²) in [5, 5.41) is 12.2. The summed E-state index contributed by atoms with van der Waals surface area (Å²) >= 11 is 0. The Balaban J connectivity index is 2.05. The molecule has 126 valence electrons. The maximum atomic E-state index is 13.6. The molecule has 0 aliphatic heterocycles. The molecule has 1 amide bonds. The van der Waals surface area contributed by atoms with Crippen LogP contribution in [0.3, 0.4) is 0 Å². The fourth-order valence-corrected chi connectivity index (χ4v) is 2.60. The lowest BCUT2D eigenvalue weighted by atomic mass is 10.1. The van der Waals surface area contributed by atoms with Gasteiger partial charge in [-0.2, -0.15) is 0 Å². The second-order valence-electron chi connectivity index (χ2n) is 5.76. The minimum Gasteiger partial charge on any atom is -0.478 e. The third-order valence-electron chi connectivity index (χ3n) is 3.88. The maximum Gasteiger partial charge on any atom is 0.335 e. The molecule has 2 N–H and O–H groups in total. The fourth-order valence-electron chi connectivity index (χ4n) is 2.60. The topological polar surface area (TPSA) is 79.3 Å². The summed E-state index contributed by atoms with van der Waals surface area (Å²) in [4.78, 5) is 28.1. The maximum absolute atomic E-state index is 13.6. The largest absolute Gasteiger partial charge is 0.478 e. The van der Waals surface area contributed by atoms with Crippen LogP contribution in [0.1, 0.15) is 32.0 Å². The molecule has 0 aliphatic carbocycles. The molecule has 0 radical (unpaired) electrons. The van der Waals surface area contributed by atoms with Crippen LogP contribution in [0.25, 0.3) is 10.9 Å². The lowest BCUT2D eigenvalue weighted by molar-refractivity contribution is 0.0696. The van der Waals surface area contributed by atoms with Crippen molar-refractivity contribution in [3.8, 4) is 0 Å². The first-order chi connectivity index (χ1) is 11.8. The zero-order chi connectivity index (χ0) is 18.1. The first-order valence-corrected chi connectivity index (χ1v) is 7.57. The van der Waals surface area contributed by atoms with E-state index in [1.54, 1.807) is 26.0 Å². The summed E-state index contributed by atoms with van der Waals surface area (Å²) in [7, 11) is 0. The molecule has 2 aromatic carbocycles. The van der Waals surface area contributed by atoms with E-state index in [4.69, 9.17) is 5.11 Å². The number of aromatic nitrogens is 1. The lowest BCUT2D eigenvalue weighted by Gasteiger charge is -2.12. The van der Waals surface area contributed by atoms with E-state index in [1.165, 1.54) is 30.3 Å². The van der Waals surface area contributed by atoms with Crippen LogP contribution < -0.4 is 5.32 Å². The van der Waals surface area contributed by atoms with Gasteiger partial charge < -0.3 is 10.4 Å². The standard InChI is InChI=1S/C19H15FN2O3/c1-10-3-4-12(19(24)25)8-17(10)22-18(23)15-7-11(2)21-16-6-5-13(20)9-14(15)16/h3-9H,1-2H3,(H,22,23)(H,24,25). The molecule has 6 heteroatoms. The van der Waals surface area contributed by atoms with Crippen molar-refractivity contribution >= 4 is 28.5 Å². The van der Waals surface area contributed by atoms with E-state index in [0.717, 1.165) is 5.56 Å². The van der Waals surface area contributed by atoms with E-state index < -0.39 is 17.7 Å². The number of amides is 1. The highest BCUT2D eigenvalue weighted by Crippen LogP contribution is 2.23. The Kier molecular flexibility index (Phi) is 4.19. The molecule has 5 nitrogen and oxygen atoms in total. The summed E-state index contributed by atoms with van der Waals surface area (Å²) in [5.74, 6) is -1.99. The Hall–Kier alpha value is -3.28. The summed E-state index contributed by atoms with van der Waals surface area (Å²) in [6.45, 7) is 3.51. The zero-order valence-corrected chi connectivity index (χ0v) is 13.6. The summed E-state index contributed by atoms with van der Waals surface area (Å²) < 4.78 is 13.6. The Morgan fingerprint density at radius 3 is 2.56 bits per heavy atom. The minimum absolute atomic E-state index is 0.0720. The lowest BCUT2D eigenvalue weighted by Crippen LogP contribution is -2.14. The van der Waals surface area contributed by atoms with Gasteiger partial charge in [0.25, 0.3) is 5.91 Å². The first-order valence-electron chi connectivity index (χ1n) is 7.57. The SMILES string of the molecule is Cc1cc(C(=O)Nc2cc(C(=O)O)ccc2C)c2cc(F)ccc2n1. The Morgan fingerprint density at radius 2 is 1.84 bits per heavy atom. The van der Waals surface area contributed by atoms with Gasteiger partial charge in [-0.15, -0.1) is 0 Å². The van der Waals surface area contributed by atoms with Gasteiger partial charge in [-0.25, -0.2) is 9.18 Å². The highest BCUT2D eigenvalue weighted by Gasteiger charge is 2.15. The van der Waals surface area contributed by atoms with E-state index in [2.05, 4.69) is 10.3 Å². The van der Waals surface area contributed by atoms with Gasteiger partial charge in [0.15, 0.2) is 0 Å². The second-order valence-corrected chi connectivity index (χ2v) is 5.76. The summed E-state index contributed by atoms with van der Waals surface area (Å²) in [6.07, 6.45) is 0. The van der Waals surface area contributed by atoms with Gasteiger partial charge in [-0.05, 0) is 55.8 Å². The Bertz CT molecular complexity index is 1010. The van der Waals surface area contributed by atoms with Crippen molar-refractivity contribution in [2.24, 2.45) is 0 Å². The minimum atomic E-state index is -1.08. The van der Waals surface area contributed by atoms with Crippen molar-refractivity contribution in [2.75, 3.05) is 5.32 Å². The van der Waals surface area contributed by atoms with E-state index in [-0.39, 0.29) is 11.1 Å². The third kappa shape index (κ3) is 3.33. The Labute approximate surface area is 143 Å². The van der Waals surface area contributed by atoms with Crippen molar-refractivity contribution in [1.82, 2.24) is 4.98 Å². The molecule has 0 aliphatic rings. The average molecular weight is 338 g/mol. The van der Waals surface area contributed by atoms with Crippen molar-refractivity contribution < 1.29 is 19.1 Å². The quantitative estimate of drug-likeness (QED) is 0.758. The number of fused-ring (bicyclic) bond motifs is 1. The van der Waals surface area contributed by atoms with Gasteiger partial charge in [0.1, 0.15) is 5.82 Å². The molecule has 0 spiro atoms. The average Bonchev–Trinajstić information content (AvgIpc) is 2.56. The number of aromatic carboxylic acids is 1. The number of carboxylic acid groups (broad SMARTS) is 1. The predicted molar refractivity (Wildman–Crippen MR) is 92.5 cm³/mol. The monoisotopic (exact) mass is 338 g/mol. The molecule has 25 heavy (non-hydrogen) atoms. The van der Waals surface area contributed by atoms with Gasteiger partial charge in [-0.3, -0.25) is 9.78 Å². The molecular weight excluding hydrogens is 323 g/mol. The number of anilines is 1. The van der Waals surface area contributed by atoms with Crippen molar-refractivity contribution in [3.63, 3.8) is 0 Å². The number of nitrogens with one attached hydrogen (secondary N) is 1. The van der Waals surface area contributed by atoms with Crippen molar-refractivity contribution in [3.05, 3.63) is 70.7 Å². The van der Waals surface area contributed by atoms with E-state index in [9.17, 15) is 14.0 Å². The van der Waals surface area contributed by atoms with Crippen LogP contribution >= 0.6 is 0 Å². The van der Waals surface area contributed by atoms with Crippen molar-refractivity contribution in [1.29, 1.82) is 0 Å². The van der Waals surface area contributed by atoms with E-state index >= 15 is 0 Å². The van der Waals surface area contributed by atoms with Crippen LogP contribution in [0.5, 0.6) is 0 Å². The van der Waals surface area contributed by atoms with E-state index in [0.29, 0.717) is 22.3 Å². The first kappa shape index (κ1) is 16.6. The number of rotatable bonds is 3. The number of hydrogen-bond acceptors (Lipinski definition) is 3. The molecule has 0 atom stereocenters. The number of nitrogens with zero attached hydrogens (tertiary/aromatic N) is 1. The molecule has 0 saturated heterocycles. The van der Waals surface area contributed by atoms with Crippen LogP contribution in [0.2, 0.25) is 0 Å². The normalized spacial score (nSPS) is 10.7. The summed E-state index contributed by atoms with van der Waals surface area (Å²) in [5.41, 5.74) is 2.61. The third-order valence-corrected chi connectivity index (χ3v) is 3.88. The predicted octanol–water partition coefficient (Wildman–Crippen LogP) is 3.94. The number of carboxylic acids is 1. The van der Waals surface area contributed by atoms with Crippen LogP contribution in [0.15, 0.2) is 42.5 Å². The molecule has 0 unspecified atom stereocenters. The molecule has 0 saturated carbocycles. The summed E-state index contributed by atoms with van der Waals surface area (Å²) in [6, 6.07) is 10.1. The number of pyridine rings is 1. The van der Waals surface area contributed by atoms with E-state index in [1.807, 2.05) is 0 Å². The van der Waals surface area contributed by atoms with Crippen LogP contribution in [-0.4, -0.2) is 22.0 Å². The van der Waals surface area contributed by atoms with Crippen LogP contribution in [0.4, 0.5) is 10.1 Å². The molecule has 3 rings (SSSR count). The molecule has 0 fully saturated rings. The highest BCUT2D eigenvalue weighted by molar-refractivity contribution is 6.12. The molecular formula is C19H15FN2O3. The molecule has 0 bridgehead atoms. The zero-order valence-electron chi connectivity index (χ0n) is 13.6. The molecule has 1 aromatic heterocycles. The van der Waals surface area contributed by atoms with Gasteiger partial charge >= 0.3 is 5.97 Å². The highest BCUT2D eigenvalue weighted by atomic mass is 19.1. The Morgan fingerprint density at radius 1 is 1.08 bits per heavy atom. The number of carbonyl (C=O) groups is 2. The fraction of sp³-hybridized carbons (Fsp3) is 0.105. The van der Waals surface area contributed by atoms with Gasteiger partial charge in [0.05, 0.1) is 16.6 Å². The smallest absolute Gasteiger partial charge is 0.335 e. The van der Waals surface area contributed by atoms with Gasteiger partial charge in [0.2, 0.25) is 0 Å². The number of hydrogen-bond donors (Lipinski definition) is 2. The number of carbonyl (C=O) groups excluding carboxylic acids is 1. The van der Waals surface area contributed by atoms with Crippen LogP contribution in [-0.2, 0) is 0 Å². The molecule has 3 aromatic rings.